The number of allylic oxidation sites excluding steroid dienone is 2. The Morgan fingerprint density at radius 2 is 1.01 bits per heavy atom. The highest BCUT2D eigenvalue weighted by Gasteiger charge is 2.71. The van der Waals surface area contributed by atoms with E-state index in [0.717, 1.165) is 12.8 Å². The van der Waals surface area contributed by atoms with Crippen LogP contribution in [0.4, 0.5) is 0 Å². The monoisotopic (exact) mass is 1370 g/mol. The minimum absolute atomic E-state index is 0.0592. The molecule has 11 rings (SSSR count). The molecule has 0 aromatic rings. The highest BCUT2D eigenvalue weighted by atomic mass is 16.8. The van der Waals surface area contributed by atoms with Crippen molar-refractivity contribution in [2.45, 2.75) is 311 Å². The average Bonchev–Trinajstić information content (AvgIpc) is 0.676. The number of carbonyl (C=O) groups excluding carboxylic acids is 1. The Kier molecular flexibility index (Phi) is 21.7. The van der Waals surface area contributed by atoms with Crippen molar-refractivity contribution < 1.29 is 148 Å². The van der Waals surface area contributed by atoms with Gasteiger partial charge in [-0.05, 0) is 123 Å². The number of rotatable bonds is 15. The summed E-state index contributed by atoms with van der Waals surface area (Å²) in [6.07, 6.45) is -38.8. The third-order valence-corrected chi connectivity index (χ3v) is 25.2. The topological polar surface area (TPSA) is 472 Å². The fraction of sp³-hybridized carbons (Fsp3) is 0.954. The van der Waals surface area contributed by atoms with Gasteiger partial charge in [-0.3, -0.25) is 4.79 Å². The van der Waals surface area contributed by atoms with Crippen molar-refractivity contribution in [1.29, 1.82) is 0 Å². The number of aliphatic hydroxyl groups excluding tert-OH is 17. The van der Waals surface area contributed by atoms with E-state index in [9.17, 15) is 86.8 Å². The lowest BCUT2D eigenvalue weighted by atomic mass is 9.33. The van der Waals surface area contributed by atoms with E-state index >= 15 is 4.79 Å². The van der Waals surface area contributed by atoms with Crippen LogP contribution in [0.1, 0.15) is 127 Å². The highest BCUT2D eigenvalue weighted by molar-refractivity contribution is 5.79. The first-order valence-electron chi connectivity index (χ1n) is 34.0. The van der Waals surface area contributed by atoms with E-state index in [-0.39, 0.29) is 40.6 Å². The number of aliphatic hydroxyl groups is 17. The summed E-state index contributed by atoms with van der Waals surface area (Å²) in [7, 11) is 0. The van der Waals surface area contributed by atoms with Crippen molar-refractivity contribution in [3.05, 3.63) is 11.6 Å². The molecule has 546 valence electrons. The van der Waals surface area contributed by atoms with E-state index < -0.39 is 226 Å². The molecule has 10 fully saturated rings. The molecule has 0 bridgehead atoms. The zero-order chi connectivity index (χ0) is 69.3. The van der Waals surface area contributed by atoms with Crippen molar-refractivity contribution in [3.8, 4) is 0 Å². The molecule has 0 unspecified atom stereocenters. The van der Waals surface area contributed by atoms with Gasteiger partial charge in [0.15, 0.2) is 31.5 Å². The van der Waals surface area contributed by atoms with Crippen LogP contribution in [-0.4, -0.2) is 303 Å². The summed E-state index contributed by atoms with van der Waals surface area (Å²) >= 11 is 0. The minimum Gasteiger partial charge on any atom is -0.432 e. The Labute approximate surface area is 551 Å². The van der Waals surface area contributed by atoms with Crippen LogP contribution in [0.2, 0.25) is 0 Å². The van der Waals surface area contributed by atoms with Crippen LogP contribution in [-0.2, 0) is 61.6 Å². The maximum absolute atomic E-state index is 15.3. The second-order valence-corrected chi connectivity index (χ2v) is 31.4. The Morgan fingerprint density at radius 1 is 0.495 bits per heavy atom. The van der Waals surface area contributed by atoms with Crippen LogP contribution >= 0.6 is 0 Å². The molecule has 6 heterocycles. The SMILES string of the molecule is C[C@@H]1O[C@@H](O[C@H]2[C@H](O[C@H]3CC[C@]4(C)[C@H]5CC=C6[C@@H]7CC(C)(C)CC[C@]7(C(=O)O[C@@H]7O[C@H](CO[C@@H]8O[C@H](CO)[C@@H](O[C@@H]9O[C@@H](C)[C@H](O)[C@H](O)[C@H]9O)[C@H](O)[C@H]8O)[C@@H](O)[C@H](O)[C@H]7O)CC[C@@]6(C)[C@]5(C)CC[C@H]4C3(C)C)OC[C@H](O)[C@@H]2O[C@@H]2O[C@H](CO)[C@@H](O)[C@H](O)[C@H]2O)[C@H](O)[C@@H](O)[C@H]1O. The van der Waals surface area contributed by atoms with Crippen molar-refractivity contribution in [2.75, 3.05) is 26.4 Å². The van der Waals surface area contributed by atoms with E-state index in [2.05, 4.69) is 54.5 Å². The quantitative estimate of drug-likeness (QED) is 0.0426. The first-order valence-corrected chi connectivity index (χ1v) is 34.0. The van der Waals surface area contributed by atoms with Crippen LogP contribution in [0.3, 0.4) is 0 Å². The van der Waals surface area contributed by atoms with E-state index in [1.165, 1.54) is 19.4 Å². The Morgan fingerprint density at radius 3 is 1.62 bits per heavy atom. The van der Waals surface area contributed by atoms with Gasteiger partial charge in [0.25, 0.3) is 0 Å². The summed E-state index contributed by atoms with van der Waals surface area (Å²) in [5.74, 6) is -0.729. The lowest BCUT2D eigenvalue weighted by molar-refractivity contribution is -0.388. The van der Waals surface area contributed by atoms with Crippen molar-refractivity contribution in [3.63, 3.8) is 0 Å². The number of fused-ring (bicyclic) bond motifs is 7. The Bertz CT molecular complexity index is 2670. The standard InChI is InChI=1S/C65H106O30/c1-25-36(69)40(73)45(78)54(86-25)93-51-31(22-67)89-53(49(82)44(51)77)85-24-32-39(72)43(76)48(81)57(90-32)95-59(83)65-18-16-60(3,4)20-28(65)27-10-11-34-62(7)14-13-35(61(5,6)33(62)12-15-64(34,9)63(27,8)17-19-65)91-58-52(94-55-46(79)41(74)37(70)26(2)87-55)50(29(68)23-84-58)92-56-47(80)42(75)38(71)30(21-66)88-56/h10,25-26,28-58,66-82H,11-24H2,1-9H3/t25-,26-,28-,29-,30+,31+,32+,33-,34+,35-,36-,37-,38+,39+,40-,41-,42-,43-,44+,45+,46+,47+,48+,49+,50-,51+,52+,53+,54-,55-,56-,57-,58-,62-,63+,64+,65-/m0/s1. The van der Waals surface area contributed by atoms with Gasteiger partial charge in [-0.1, -0.05) is 60.1 Å². The van der Waals surface area contributed by atoms with Gasteiger partial charge in [0, 0.05) is 0 Å². The summed E-state index contributed by atoms with van der Waals surface area (Å²) in [6, 6.07) is 0. The van der Waals surface area contributed by atoms with E-state index in [1.807, 2.05) is 0 Å². The van der Waals surface area contributed by atoms with Crippen LogP contribution in [0.5, 0.6) is 0 Å². The fourth-order valence-electron chi connectivity index (χ4n) is 19.0. The molecule has 17 N–H and O–H groups in total. The molecule has 95 heavy (non-hydrogen) atoms. The van der Waals surface area contributed by atoms with Crippen LogP contribution in [0.25, 0.3) is 0 Å². The van der Waals surface area contributed by atoms with Gasteiger partial charge in [0.05, 0.1) is 50.2 Å². The first-order chi connectivity index (χ1) is 44.5. The fourth-order valence-corrected chi connectivity index (χ4v) is 19.0. The van der Waals surface area contributed by atoms with Gasteiger partial charge >= 0.3 is 5.97 Å². The second-order valence-electron chi connectivity index (χ2n) is 31.4. The lowest BCUT2D eigenvalue weighted by Gasteiger charge is -2.71. The van der Waals surface area contributed by atoms with Gasteiger partial charge in [0.2, 0.25) is 6.29 Å². The molecule has 0 amide bonds. The summed E-state index contributed by atoms with van der Waals surface area (Å²) in [5.41, 5.74) is -1.64. The maximum atomic E-state index is 15.3. The molecule has 6 saturated heterocycles. The summed E-state index contributed by atoms with van der Waals surface area (Å²) in [6.45, 7) is 16.1. The van der Waals surface area contributed by atoms with Gasteiger partial charge in [0.1, 0.15) is 128 Å². The number of carbonyl (C=O) groups is 1. The molecule has 0 aromatic heterocycles. The van der Waals surface area contributed by atoms with E-state index in [4.69, 9.17) is 56.8 Å². The first kappa shape index (κ1) is 74.3. The molecule has 0 spiro atoms. The Hall–Kier alpha value is -1.91. The zero-order valence-electron chi connectivity index (χ0n) is 55.4. The predicted octanol–water partition coefficient (Wildman–Crippen LogP) is -3.69. The average molecular weight is 1370 g/mol. The zero-order valence-corrected chi connectivity index (χ0v) is 55.4. The molecular weight excluding hydrogens is 1260 g/mol. The molecule has 37 atom stereocenters. The normalized spacial score (nSPS) is 54.6. The maximum Gasteiger partial charge on any atom is 0.315 e. The van der Waals surface area contributed by atoms with Crippen molar-refractivity contribution >= 4 is 5.97 Å². The van der Waals surface area contributed by atoms with Gasteiger partial charge in [-0.2, -0.15) is 0 Å². The minimum atomic E-state index is -1.92. The van der Waals surface area contributed by atoms with Gasteiger partial charge < -0.3 is 144 Å². The number of ether oxygens (including phenoxy) is 12. The van der Waals surface area contributed by atoms with Crippen LogP contribution in [0, 0.1) is 50.2 Å². The van der Waals surface area contributed by atoms with Gasteiger partial charge in [-0.15, -0.1) is 0 Å². The molecule has 4 saturated carbocycles. The molecule has 0 radical (unpaired) electrons. The largest absolute Gasteiger partial charge is 0.432 e. The van der Waals surface area contributed by atoms with E-state index in [1.54, 1.807) is 0 Å². The molecule has 0 aromatic carbocycles. The molecule has 30 heteroatoms. The summed E-state index contributed by atoms with van der Waals surface area (Å²) in [4.78, 5) is 15.3. The third-order valence-electron chi connectivity index (χ3n) is 25.2. The molecule has 30 nitrogen and oxygen atoms in total. The van der Waals surface area contributed by atoms with Crippen LogP contribution < -0.4 is 0 Å². The van der Waals surface area contributed by atoms with Crippen LogP contribution in [0.15, 0.2) is 11.6 Å². The molecule has 11 aliphatic rings. The molecular formula is C65H106O30. The van der Waals surface area contributed by atoms with E-state index in [0.29, 0.717) is 51.4 Å². The second kappa shape index (κ2) is 27.7. The van der Waals surface area contributed by atoms with Gasteiger partial charge in [-0.25, -0.2) is 0 Å². The highest BCUT2D eigenvalue weighted by Crippen LogP contribution is 2.76. The number of hydrogen-bond donors (Lipinski definition) is 17. The molecule has 6 aliphatic heterocycles. The smallest absolute Gasteiger partial charge is 0.315 e. The lowest BCUT2D eigenvalue weighted by Crippen LogP contribution is -2.67. The number of hydrogen-bond acceptors (Lipinski definition) is 30. The third kappa shape index (κ3) is 12.9. The van der Waals surface area contributed by atoms with Crippen molar-refractivity contribution in [1.82, 2.24) is 0 Å². The predicted molar refractivity (Wildman–Crippen MR) is 319 cm³/mol. The Balaban J connectivity index is 0.789. The number of esters is 1. The summed E-state index contributed by atoms with van der Waals surface area (Å²) in [5, 5.41) is 184. The summed E-state index contributed by atoms with van der Waals surface area (Å²) < 4.78 is 72.5. The van der Waals surface area contributed by atoms with Crippen molar-refractivity contribution in [2.24, 2.45) is 50.2 Å². The molecule has 5 aliphatic carbocycles.